The molecule has 1 aromatic rings. The Hall–Kier alpha value is -1.43. The molecule has 5 heteroatoms. The molecule has 1 atom stereocenters. The monoisotopic (exact) mass is 407 g/mol. The van der Waals surface area contributed by atoms with Gasteiger partial charge in [0, 0.05) is 19.6 Å². The molecule has 0 aliphatic heterocycles. The number of benzene rings is 1. The Morgan fingerprint density at radius 2 is 1.52 bits per heavy atom. The standard InChI is InChI=1S/C24H41NO4/c1-5-9-23(26)25-13-15-28-17-19-29-18-16-27-14-12-22(24(2,3)4)20-21-10-7-6-8-11-21/h6-8,10-11,22H,5,9,12-20H2,1-4H3,(H,25,26). The van der Waals surface area contributed by atoms with Gasteiger partial charge < -0.3 is 19.5 Å². The first kappa shape index (κ1) is 25.6. The fourth-order valence-corrected chi connectivity index (χ4v) is 3.09. The summed E-state index contributed by atoms with van der Waals surface area (Å²) in [5.41, 5.74) is 1.64. The maximum absolute atomic E-state index is 11.3. The highest BCUT2D eigenvalue weighted by molar-refractivity contribution is 5.75. The van der Waals surface area contributed by atoms with E-state index in [1.807, 2.05) is 6.92 Å². The number of hydrogen-bond acceptors (Lipinski definition) is 4. The van der Waals surface area contributed by atoms with Gasteiger partial charge in [0.1, 0.15) is 0 Å². The largest absolute Gasteiger partial charge is 0.379 e. The lowest BCUT2D eigenvalue weighted by Crippen LogP contribution is -2.27. The van der Waals surface area contributed by atoms with Crippen LogP contribution in [0.1, 0.15) is 52.5 Å². The number of amides is 1. The first-order valence-corrected chi connectivity index (χ1v) is 11.0. The van der Waals surface area contributed by atoms with Gasteiger partial charge in [-0.3, -0.25) is 4.79 Å². The van der Waals surface area contributed by atoms with E-state index in [1.165, 1.54) is 5.56 Å². The zero-order valence-corrected chi connectivity index (χ0v) is 18.9. The SMILES string of the molecule is CCCC(=O)NCCOCCOCCOCCC(Cc1ccccc1)C(C)(C)C. The molecule has 1 N–H and O–H groups in total. The van der Waals surface area contributed by atoms with Crippen LogP contribution >= 0.6 is 0 Å². The smallest absolute Gasteiger partial charge is 0.220 e. The van der Waals surface area contributed by atoms with E-state index in [9.17, 15) is 4.79 Å². The Morgan fingerprint density at radius 1 is 0.931 bits per heavy atom. The summed E-state index contributed by atoms with van der Waals surface area (Å²) in [6.07, 6.45) is 3.57. The molecule has 166 valence electrons. The first-order chi connectivity index (χ1) is 13.9. The number of ether oxygens (including phenoxy) is 3. The predicted molar refractivity (Wildman–Crippen MR) is 118 cm³/mol. The Balaban J connectivity index is 2.01. The van der Waals surface area contributed by atoms with E-state index in [0.717, 1.165) is 25.9 Å². The van der Waals surface area contributed by atoms with Gasteiger partial charge in [0.2, 0.25) is 5.91 Å². The quantitative estimate of drug-likeness (QED) is 0.416. The van der Waals surface area contributed by atoms with Crippen LogP contribution in [0.5, 0.6) is 0 Å². The van der Waals surface area contributed by atoms with Crippen molar-refractivity contribution in [1.29, 1.82) is 0 Å². The molecule has 0 saturated heterocycles. The van der Waals surface area contributed by atoms with Crippen molar-refractivity contribution in [3.63, 3.8) is 0 Å². The number of hydrogen-bond donors (Lipinski definition) is 1. The summed E-state index contributed by atoms with van der Waals surface area (Å²) in [7, 11) is 0. The van der Waals surface area contributed by atoms with Gasteiger partial charge in [-0.2, -0.15) is 0 Å². The summed E-state index contributed by atoms with van der Waals surface area (Å²) in [5, 5.41) is 2.82. The number of nitrogens with one attached hydrogen (secondary N) is 1. The highest BCUT2D eigenvalue weighted by atomic mass is 16.5. The fraction of sp³-hybridized carbons (Fsp3) is 0.708. The molecule has 1 aromatic carbocycles. The summed E-state index contributed by atoms with van der Waals surface area (Å²) < 4.78 is 16.7. The van der Waals surface area contributed by atoms with E-state index in [2.05, 4.69) is 56.4 Å². The number of carbonyl (C=O) groups excluding carboxylic acids is 1. The molecule has 0 aliphatic rings. The van der Waals surface area contributed by atoms with Crippen molar-refractivity contribution in [2.75, 3.05) is 46.2 Å². The van der Waals surface area contributed by atoms with Crippen LogP contribution in [0.25, 0.3) is 0 Å². The van der Waals surface area contributed by atoms with Crippen LogP contribution < -0.4 is 5.32 Å². The lowest BCUT2D eigenvalue weighted by Gasteiger charge is -2.31. The van der Waals surface area contributed by atoms with Gasteiger partial charge >= 0.3 is 0 Å². The van der Waals surface area contributed by atoms with Crippen molar-refractivity contribution in [3.8, 4) is 0 Å². The molecular weight excluding hydrogens is 366 g/mol. The van der Waals surface area contributed by atoms with Crippen LogP contribution in [0.3, 0.4) is 0 Å². The summed E-state index contributed by atoms with van der Waals surface area (Å²) in [6, 6.07) is 10.7. The molecule has 29 heavy (non-hydrogen) atoms. The van der Waals surface area contributed by atoms with E-state index in [4.69, 9.17) is 14.2 Å². The number of carbonyl (C=O) groups is 1. The van der Waals surface area contributed by atoms with Crippen LogP contribution in [0.15, 0.2) is 30.3 Å². The lowest BCUT2D eigenvalue weighted by molar-refractivity contribution is -0.121. The predicted octanol–water partition coefficient (Wildman–Crippen LogP) is 4.25. The minimum absolute atomic E-state index is 0.0852. The van der Waals surface area contributed by atoms with Crippen molar-refractivity contribution >= 4 is 5.91 Å². The van der Waals surface area contributed by atoms with E-state index in [1.54, 1.807) is 0 Å². The fourth-order valence-electron chi connectivity index (χ4n) is 3.09. The highest BCUT2D eigenvalue weighted by Crippen LogP contribution is 2.31. The molecule has 0 bridgehead atoms. The molecule has 5 nitrogen and oxygen atoms in total. The van der Waals surface area contributed by atoms with Gasteiger partial charge in [-0.05, 0) is 36.2 Å². The van der Waals surface area contributed by atoms with Gasteiger partial charge in [-0.15, -0.1) is 0 Å². The molecular formula is C24H41NO4. The summed E-state index contributed by atoms with van der Waals surface area (Å²) >= 11 is 0. The zero-order chi connectivity index (χ0) is 21.4. The van der Waals surface area contributed by atoms with Crippen molar-refractivity contribution in [1.82, 2.24) is 5.32 Å². The third kappa shape index (κ3) is 13.4. The topological polar surface area (TPSA) is 56.8 Å². The molecule has 0 fully saturated rings. The van der Waals surface area contributed by atoms with E-state index < -0.39 is 0 Å². The van der Waals surface area contributed by atoms with Crippen LogP contribution in [-0.2, 0) is 25.4 Å². The molecule has 0 saturated carbocycles. The Kier molecular flexibility index (Phi) is 13.6. The second kappa shape index (κ2) is 15.4. The molecule has 1 amide bonds. The maximum atomic E-state index is 11.3. The van der Waals surface area contributed by atoms with Crippen molar-refractivity contribution < 1.29 is 19.0 Å². The third-order valence-corrected chi connectivity index (χ3v) is 4.95. The van der Waals surface area contributed by atoms with Crippen LogP contribution in [0.2, 0.25) is 0 Å². The van der Waals surface area contributed by atoms with Gasteiger partial charge in [-0.1, -0.05) is 58.0 Å². The van der Waals surface area contributed by atoms with Crippen LogP contribution in [0.4, 0.5) is 0 Å². The van der Waals surface area contributed by atoms with Gasteiger partial charge in [0.05, 0.1) is 33.0 Å². The minimum Gasteiger partial charge on any atom is -0.379 e. The Morgan fingerprint density at radius 3 is 2.10 bits per heavy atom. The molecule has 0 aromatic heterocycles. The van der Waals surface area contributed by atoms with Crippen LogP contribution in [0, 0.1) is 11.3 Å². The third-order valence-electron chi connectivity index (χ3n) is 4.95. The minimum atomic E-state index is 0.0852. The molecule has 0 aliphatic carbocycles. The van der Waals surface area contributed by atoms with Crippen molar-refractivity contribution in [3.05, 3.63) is 35.9 Å². The summed E-state index contributed by atoms with van der Waals surface area (Å²) in [4.78, 5) is 11.3. The molecule has 0 heterocycles. The molecule has 1 rings (SSSR count). The van der Waals surface area contributed by atoms with Gasteiger partial charge in [0.25, 0.3) is 0 Å². The molecule has 1 unspecified atom stereocenters. The molecule has 0 spiro atoms. The van der Waals surface area contributed by atoms with Crippen LogP contribution in [-0.4, -0.2) is 52.1 Å². The zero-order valence-electron chi connectivity index (χ0n) is 18.9. The molecule has 0 radical (unpaired) electrons. The summed E-state index contributed by atoms with van der Waals surface area (Å²) in [6.45, 7) is 13.0. The van der Waals surface area contributed by atoms with Gasteiger partial charge in [0.15, 0.2) is 0 Å². The van der Waals surface area contributed by atoms with Crippen molar-refractivity contribution in [2.24, 2.45) is 11.3 Å². The maximum Gasteiger partial charge on any atom is 0.220 e. The first-order valence-electron chi connectivity index (χ1n) is 11.0. The van der Waals surface area contributed by atoms with Gasteiger partial charge in [-0.25, -0.2) is 0 Å². The number of rotatable bonds is 16. The van der Waals surface area contributed by atoms with E-state index in [-0.39, 0.29) is 11.3 Å². The highest BCUT2D eigenvalue weighted by Gasteiger charge is 2.24. The average molecular weight is 408 g/mol. The Bertz CT molecular complexity index is 527. The summed E-state index contributed by atoms with van der Waals surface area (Å²) in [5.74, 6) is 0.666. The van der Waals surface area contributed by atoms with Crippen molar-refractivity contribution in [2.45, 2.75) is 53.4 Å². The lowest BCUT2D eigenvalue weighted by atomic mass is 9.75. The average Bonchev–Trinajstić information content (AvgIpc) is 2.68. The van der Waals surface area contributed by atoms with E-state index >= 15 is 0 Å². The Labute approximate surface area is 177 Å². The normalized spacial score (nSPS) is 12.7. The van der Waals surface area contributed by atoms with E-state index in [0.29, 0.717) is 51.9 Å². The second-order valence-electron chi connectivity index (χ2n) is 8.48. The second-order valence-corrected chi connectivity index (χ2v) is 8.48.